The molecular weight excluding hydrogens is 234 g/mol. The van der Waals surface area contributed by atoms with Crippen molar-refractivity contribution in [2.24, 2.45) is 0 Å². The summed E-state index contributed by atoms with van der Waals surface area (Å²) >= 11 is 0. The number of benzene rings is 1. The van der Waals surface area contributed by atoms with Crippen molar-refractivity contribution in [3.8, 4) is 5.75 Å². The smallest absolute Gasteiger partial charge is 0.326 e. The predicted molar refractivity (Wildman–Crippen MR) is 66.2 cm³/mol. The van der Waals surface area contributed by atoms with Gasteiger partial charge in [0.1, 0.15) is 11.8 Å². The number of phenols is 1. The second-order valence-electron chi connectivity index (χ2n) is 4.04. The van der Waals surface area contributed by atoms with Crippen molar-refractivity contribution in [3.63, 3.8) is 0 Å². The highest BCUT2D eigenvalue weighted by atomic mass is 16.4. The van der Waals surface area contributed by atoms with Gasteiger partial charge in [0.15, 0.2) is 0 Å². The van der Waals surface area contributed by atoms with Crippen LogP contribution in [0.1, 0.15) is 19.8 Å². The van der Waals surface area contributed by atoms with Gasteiger partial charge in [-0.05, 0) is 25.0 Å². The van der Waals surface area contributed by atoms with Gasteiger partial charge in [0.2, 0.25) is 5.91 Å². The van der Waals surface area contributed by atoms with Crippen molar-refractivity contribution in [2.45, 2.75) is 25.8 Å². The van der Waals surface area contributed by atoms with E-state index in [0.29, 0.717) is 18.7 Å². The average Bonchev–Trinajstić information content (AvgIpc) is 2.80. The Morgan fingerprint density at radius 2 is 1.89 bits per heavy atom. The molecule has 1 amide bonds. The summed E-state index contributed by atoms with van der Waals surface area (Å²) in [6.45, 7) is 1.99. The zero-order valence-electron chi connectivity index (χ0n) is 10.2. The summed E-state index contributed by atoms with van der Waals surface area (Å²) in [6.07, 6.45) is 1.39. The van der Waals surface area contributed by atoms with E-state index in [9.17, 15) is 9.59 Å². The highest BCUT2D eigenvalue weighted by Crippen LogP contribution is 2.16. The van der Waals surface area contributed by atoms with Crippen LogP contribution in [0.4, 0.5) is 0 Å². The lowest BCUT2D eigenvalue weighted by molar-refractivity contribution is -0.147. The molecule has 1 heterocycles. The molecule has 1 aromatic carbocycles. The van der Waals surface area contributed by atoms with Crippen LogP contribution in [-0.4, -0.2) is 39.6 Å². The van der Waals surface area contributed by atoms with Gasteiger partial charge in [-0.1, -0.05) is 18.2 Å². The van der Waals surface area contributed by atoms with Crippen LogP contribution in [0.3, 0.4) is 0 Å². The first-order valence-corrected chi connectivity index (χ1v) is 5.76. The molecule has 1 unspecified atom stereocenters. The van der Waals surface area contributed by atoms with Gasteiger partial charge in [0.05, 0.1) is 0 Å². The third-order valence-electron chi connectivity index (χ3n) is 2.70. The standard InChI is InChI=1S/C7H11NO3.C6H6O/c1-5(9)8-4-2-3-6(8)7(10)11;7-6-4-2-1-3-5-6/h6H,2-4H2,1H3,(H,10,11);1-5,7H. The highest BCUT2D eigenvalue weighted by molar-refractivity contribution is 5.82. The number of amides is 1. The normalized spacial score (nSPS) is 17.8. The van der Waals surface area contributed by atoms with Crippen LogP contribution in [0.15, 0.2) is 30.3 Å². The summed E-state index contributed by atoms with van der Waals surface area (Å²) in [6, 6.07) is 8.14. The van der Waals surface area contributed by atoms with E-state index in [1.807, 2.05) is 6.07 Å². The number of likely N-dealkylation sites (tertiary alicyclic amines) is 1. The van der Waals surface area contributed by atoms with E-state index >= 15 is 0 Å². The topological polar surface area (TPSA) is 77.8 Å². The largest absolute Gasteiger partial charge is 0.508 e. The first kappa shape index (κ1) is 14.0. The number of para-hydroxylation sites is 1. The van der Waals surface area contributed by atoms with Crippen LogP contribution < -0.4 is 0 Å². The quantitative estimate of drug-likeness (QED) is 0.792. The van der Waals surface area contributed by atoms with E-state index in [4.69, 9.17) is 10.2 Å². The summed E-state index contributed by atoms with van der Waals surface area (Å²) in [5.74, 6) is -0.713. The zero-order valence-corrected chi connectivity index (χ0v) is 10.2. The van der Waals surface area contributed by atoms with Gasteiger partial charge in [-0.15, -0.1) is 0 Å². The fraction of sp³-hybridized carbons (Fsp3) is 0.385. The average molecular weight is 251 g/mol. The maximum Gasteiger partial charge on any atom is 0.326 e. The monoisotopic (exact) mass is 251 g/mol. The Morgan fingerprint density at radius 3 is 2.22 bits per heavy atom. The van der Waals surface area contributed by atoms with Gasteiger partial charge in [-0.2, -0.15) is 0 Å². The van der Waals surface area contributed by atoms with E-state index in [0.717, 1.165) is 6.42 Å². The Bertz CT molecular complexity index is 385. The number of phenolic OH excluding ortho intramolecular Hbond substituents is 1. The number of carboxylic acids is 1. The SMILES string of the molecule is CC(=O)N1CCCC1C(=O)O.Oc1ccccc1. The van der Waals surface area contributed by atoms with E-state index in [2.05, 4.69) is 0 Å². The fourth-order valence-corrected chi connectivity index (χ4v) is 1.83. The molecule has 1 saturated heterocycles. The van der Waals surface area contributed by atoms with E-state index < -0.39 is 12.0 Å². The lowest BCUT2D eigenvalue weighted by atomic mass is 10.2. The Hall–Kier alpha value is -2.04. The molecule has 18 heavy (non-hydrogen) atoms. The molecule has 0 radical (unpaired) electrons. The van der Waals surface area contributed by atoms with Gasteiger partial charge in [0, 0.05) is 13.5 Å². The Morgan fingerprint density at radius 1 is 1.28 bits per heavy atom. The number of aliphatic carboxylic acids is 1. The van der Waals surface area contributed by atoms with Gasteiger partial charge in [-0.3, -0.25) is 4.79 Å². The molecule has 0 spiro atoms. The van der Waals surface area contributed by atoms with E-state index in [1.165, 1.54) is 11.8 Å². The van der Waals surface area contributed by atoms with Crippen molar-refractivity contribution in [3.05, 3.63) is 30.3 Å². The number of carbonyl (C=O) groups excluding carboxylic acids is 1. The summed E-state index contributed by atoms with van der Waals surface area (Å²) in [5, 5.41) is 17.3. The predicted octanol–water partition coefficient (Wildman–Crippen LogP) is 1.47. The maximum absolute atomic E-state index is 10.8. The molecule has 98 valence electrons. The van der Waals surface area contributed by atoms with Crippen molar-refractivity contribution >= 4 is 11.9 Å². The number of aromatic hydroxyl groups is 1. The van der Waals surface area contributed by atoms with Gasteiger partial charge < -0.3 is 15.1 Å². The summed E-state index contributed by atoms with van der Waals surface area (Å²) in [7, 11) is 0. The molecule has 1 fully saturated rings. The lowest BCUT2D eigenvalue weighted by Gasteiger charge is -2.18. The Balaban J connectivity index is 0.000000199. The second kappa shape index (κ2) is 6.64. The molecule has 0 aromatic heterocycles. The fourth-order valence-electron chi connectivity index (χ4n) is 1.83. The second-order valence-corrected chi connectivity index (χ2v) is 4.04. The Labute approximate surface area is 106 Å². The molecule has 1 aromatic rings. The molecular formula is C13H17NO4. The minimum Gasteiger partial charge on any atom is -0.508 e. The first-order chi connectivity index (χ1) is 8.52. The molecule has 2 rings (SSSR count). The van der Waals surface area contributed by atoms with Crippen LogP contribution >= 0.6 is 0 Å². The molecule has 1 atom stereocenters. The minimum absolute atomic E-state index is 0.144. The van der Waals surface area contributed by atoms with Crippen molar-refractivity contribution in [2.75, 3.05) is 6.54 Å². The molecule has 1 aliphatic heterocycles. The molecule has 1 aliphatic rings. The number of rotatable bonds is 1. The molecule has 0 aliphatic carbocycles. The van der Waals surface area contributed by atoms with Crippen molar-refractivity contribution in [1.29, 1.82) is 0 Å². The third kappa shape index (κ3) is 4.08. The van der Waals surface area contributed by atoms with Crippen LogP contribution in [0.25, 0.3) is 0 Å². The van der Waals surface area contributed by atoms with Crippen molar-refractivity contribution < 1.29 is 19.8 Å². The number of hydrogen-bond acceptors (Lipinski definition) is 3. The molecule has 0 bridgehead atoms. The molecule has 2 N–H and O–H groups in total. The van der Waals surface area contributed by atoms with E-state index in [1.54, 1.807) is 24.3 Å². The van der Waals surface area contributed by atoms with Crippen molar-refractivity contribution in [1.82, 2.24) is 4.90 Å². The number of hydrogen-bond donors (Lipinski definition) is 2. The molecule has 5 nitrogen and oxygen atoms in total. The summed E-state index contributed by atoms with van der Waals surface area (Å²) in [5.41, 5.74) is 0. The number of nitrogens with zero attached hydrogens (tertiary/aromatic N) is 1. The van der Waals surface area contributed by atoms with Crippen LogP contribution in [0.2, 0.25) is 0 Å². The highest BCUT2D eigenvalue weighted by Gasteiger charge is 2.31. The number of carbonyl (C=O) groups is 2. The van der Waals surface area contributed by atoms with Gasteiger partial charge in [-0.25, -0.2) is 4.79 Å². The summed E-state index contributed by atoms with van der Waals surface area (Å²) < 4.78 is 0. The third-order valence-corrected chi connectivity index (χ3v) is 2.70. The van der Waals surface area contributed by atoms with Crippen LogP contribution in [-0.2, 0) is 9.59 Å². The summed E-state index contributed by atoms with van der Waals surface area (Å²) in [4.78, 5) is 22.8. The number of carboxylic acid groups (broad SMARTS) is 1. The Kier molecular flexibility index (Phi) is 5.17. The van der Waals surface area contributed by atoms with E-state index in [-0.39, 0.29) is 5.91 Å². The molecule has 0 saturated carbocycles. The van der Waals surface area contributed by atoms with Gasteiger partial charge in [0.25, 0.3) is 0 Å². The van der Waals surface area contributed by atoms with Gasteiger partial charge >= 0.3 is 5.97 Å². The molecule has 5 heteroatoms. The van der Waals surface area contributed by atoms with Crippen LogP contribution in [0, 0.1) is 0 Å². The lowest BCUT2D eigenvalue weighted by Crippen LogP contribution is -2.38. The maximum atomic E-state index is 10.8. The van der Waals surface area contributed by atoms with Crippen LogP contribution in [0.5, 0.6) is 5.75 Å². The first-order valence-electron chi connectivity index (χ1n) is 5.76. The minimum atomic E-state index is -0.891. The zero-order chi connectivity index (χ0) is 13.5.